The van der Waals surface area contributed by atoms with Gasteiger partial charge in [-0.1, -0.05) is 12.1 Å². The monoisotopic (exact) mass is 419 g/mol. The average Bonchev–Trinajstić information content (AvgIpc) is 3.48. The molecule has 8 heteroatoms. The number of carboxylic acid groups (broad SMARTS) is 1. The second-order valence-electron chi connectivity index (χ2n) is 8.21. The molecule has 1 atom stereocenters. The Kier molecular flexibility index (Phi) is 4.15. The Bertz CT molecular complexity index is 1300. The molecule has 1 unspecified atom stereocenters. The largest absolute Gasteiger partial charge is 0.477 e. The zero-order valence-electron chi connectivity index (χ0n) is 17.4. The summed E-state index contributed by atoms with van der Waals surface area (Å²) in [6.45, 7) is 3.43. The predicted molar refractivity (Wildman–Crippen MR) is 112 cm³/mol. The molecule has 0 radical (unpaired) electrons. The van der Waals surface area contributed by atoms with Crippen molar-refractivity contribution in [3.8, 4) is 11.1 Å². The summed E-state index contributed by atoms with van der Waals surface area (Å²) in [6, 6.07) is 8.48. The molecule has 3 heterocycles. The van der Waals surface area contributed by atoms with Crippen molar-refractivity contribution in [2.45, 2.75) is 32.7 Å². The second kappa shape index (κ2) is 6.66. The summed E-state index contributed by atoms with van der Waals surface area (Å²) in [5.41, 5.74) is 2.99. The standard InChI is InChI=1S/C23H21N3O5/c1-11-10-16-18(19(24-11)23(29)30)20(14-4-5-14)26(21(16)27)15-8-6-13(7-9-15)17-12(2)31-25(3)22(17)28/h6-10,14,20H,4-5H2,1-3H3,(H,29,30). The van der Waals surface area contributed by atoms with Gasteiger partial charge < -0.3 is 14.5 Å². The lowest BCUT2D eigenvalue weighted by Crippen LogP contribution is -2.29. The molecule has 5 rings (SSSR count). The van der Waals surface area contributed by atoms with Crippen molar-refractivity contribution in [3.63, 3.8) is 0 Å². The number of rotatable bonds is 4. The molecule has 1 aromatic carbocycles. The molecule has 158 valence electrons. The molecule has 3 aromatic rings. The van der Waals surface area contributed by atoms with Crippen LogP contribution >= 0.6 is 0 Å². The molecule has 31 heavy (non-hydrogen) atoms. The number of aromatic carboxylic acids is 1. The van der Waals surface area contributed by atoms with Crippen molar-refractivity contribution in [1.82, 2.24) is 9.72 Å². The Labute approximate surface area is 177 Å². The molecule has 1 aliphatic carbocycles. The first-order valence-corrected chi connectivity index (χ1v) is 10.1. The molecular formula is C23H21N3O5. The molecule has 8 nitrogen and oxygen atoms in total. The van der Waals surface area contributed by atoms with E-state index in [-0.39, 0.29) is 29.1 Å². The maximum Gasteiger partial charge on any atom is 0.354 e. The fraction of sp³-hybridized carbons (Fsp3) is 0.304. The number of carbonyl (C=O) groups is 2. The molecule has 0 bridgehead atoms. The summed E-state index contributed by atoms with van der Waals surface area (Å²) < 4.78 is 6.56. The van der Waals surface area contributed by atoms with Gasteiger partial charge in [0.1, 0.15) is 5.76 Å². The van der Waals surface area contributed by atoms with Gasteiger partial charge in [0.2, 0.25) is 0 Å². The van der Waals surface area contributed by atoms with E-state index in [9.17, 15) is 19.5 Å². The zero-order chi connectivity index (χ0) is 22.0. The third kappa shape index (κ3) is 2.90. The van der Waals surface area contributed by atoms with Crippen molar-refractivity contribution in [1.29, 1.82) is 0 Å². The molecular weight excluding hydrogens is 398 g/mol. The van der Waals surface area contributed by atoms with Crippen molar-refractivity contribution in [2.24, 2.45) is 13.0 Å². The van der Waals surface area contributed by atoms with Crippen LogP contribution in [0, 0.1) is 19.8 Å². The lowest BCUT2D eigenvalue weighted by molar-refractivity contribution is 0.0688. The first kappa shape index (κ1) is 19.3. The van der Waals surface area contributed by atoms with E-state index in [2.05, 4.69) is 4.98 Å². The van der Waals surface area contributed by atoms with Gasteiger partial charge in [0.05, 0.1) is 11.6 Å². The Morgan fingerprint density at radius 3 is 2.39 bits per heavy atom. The summed E-state index contributed by atoms with van der Waals surface area (Å²) in [5, 5.41) is 9.72. The second-order valence-corrected chi connectivity index (χ2v) is 8.21. The minimum absolute atomic E-state index is 0.0445. The number of amides is 1. The number of pyridine rings is 1. The van der Waals surface area contributed by atoms with E-state index in [1.807, 2.05) is 0 Å². The highest BCUT2D eigenvalue weighted by Gasteiger charge is 2.48. The van der Waals surface area contributed by atoms with Crippen molar-refractivity contribution in [3.05, 3.63) is 69.0 Å². The highest BCUT2D eigenvalue weighted by atomic mass is 16.5. The van der Waals surface area contributed by atoms with Gasteiger partial charge in [0.25, 0.3) is 11.5 Å². The number of aryl methyl sites for hydroxylation is 3. The summed E-state index contributed by atoms with van der Waals surface area (Å²) in [7, 11) is 1.56. The molecule has 2 aliphatic rings. The SMILES string of the molecule is Cc1cc2c(c(C(=O)O)n1)C(C1CC1)N(c1ccc(-c3c(C)on(C)c3=O)cc1)C2=O. The minimum Gasteiger partial charge on any atom is -0.477 e. The fourth-order valence-electron chi connectivity index (χ4n) is 4.56. The molecule has 2 aromatic heterocycles. The van der Waals surface area contributed by atoms with Crippen LogP contribution in [0.5, 0.6) is 0 Å². The summed E-state index contributed by atoms with van der Waals surface area (Å²) >= 11 is 0. The van der Waals surface area contributed by atoms with Gasteiger partial charge in [-0.15, -0.1) is 0 Å². The van der Waals surface area contributed by atoms with Crippen molar-refractivity contribution >= 4 is 17.6 Å². The predicted octanol–water partition coefficient (Wildman–Crippen LogP) is 3.47. The number of hydrogen-bond acceptors (Lipinski definition) is 5. The number of carboxylic acids is 1. The zero-order valence-corrected chi connectivity index (χ0v) is 17.4. The highest BCUT2D eigenvalue weighted by molar-refractivity contribution is 6.13. The fourth-order valence-corrected chi connectivity index (χ4v) is 4.56. The maximum absolute atomic E-state index is 13.4. The van der Waals surface area contributed by atoms with Crippen LogP contribution in [0.2, 0.25) is 0 Å². The number of carbonyl (C=O) groups excluding carboxylic acids is 1. The quantitative estimate of drug-likeness (QED) is 0.694. The van der Waals surface area contributed by atoms with Crippen molar-refractivity contribution in [2.75, 3.05) is 4.90 Å². The Balaban J connectivity index is 1.60. The van der Waals surface area contributed by atoms with Gasteiger partial charge in [-0.25, -0.2) is 9.78 Å². The van der Waals surface area contributed by atoms with Crippen LogP contribution < -0.4 is 10.5 Å². The minimum atomic E-state index is -1.12. The van der Waals surface area contributed by atoms with Crippen LogP contribution in [0.15, 0.2) is 39.6 Å². The van der Waals surface area contributed by atoms with Gasteiger partial charge in [-0.3, -0.25) is 9.59 Å². The average molecular weight is 419 g/mol. The van der Waals surface area contributed by atoms with Crippen LogP contribution in [0.25, 0.3) is 11.1 Å². The first-order valence-electron chi connectivity index (χ1n) is 10.1. The van der Waals surface area contributed by atoms with E-state index in [1.54, 1.807) is 56.1 Å². The van der Waals surface area contributed by atoms with E-state index in [4.69, 9.17) is 4.52 Å². The summed E-state index contributed by atoms with van der Waals surface area (Å²) in [6.07, 6.45) is 1.87. The molecule has 0 spiro atoms. The van der Waals surface area contributed by atoms with Gasteiger partial charge in [-0.2, -0.15) is 4.74 Å². The maximum atomic E-state index is 13.4. The molecule has 1 saturated carbocycles. The van der Waals surface area contributed by atoms with E-state index < -0.39 is 5.97 Å². The van der Waals surface area contributed by atoms with Crippen LogP contribution in [0.1, 0.15) is 56.7 Å². The van der Waals surface area contributed by atoms with Gasteiger partial charge >= 0.3 is 5.97 Å². The third-order valence-electron chi connectivity index (χ3n) is 6.04. The topological polar surface area (TPSA) is 106 Å². The van der Waals surface area contributed by atoms with Gasteiger partial charge in [0.15, 0.2) is 5.69 Å². The number of benzene rings is 1. The molecule has 1 N–H and O–H groups in total. The third-order valence-corrected chi connectivity index (χ3v) is 6.04. The number of hydrogen-bond donors (Lipinski definition) is 1. The van der Waals surface area contributed by atoms with Gasteiger partial charge in [-0.05, 0) is 56.4 Å². The van der Waals surface area contributed by atoms with Crippen molar-refractivity contribution < 1.29 is 19.2 Å². The van der Waals surface area contributed by atoms with E-state index >= 15 is 0 Å². The molecule has 1 amide bonds. The number of aromatic nitrogens is 2. The van der Waals surface area contributed by atoms with Gasteiger partial charge in [0, 0.05) is 29.6 Å². The summed E-state index contributed by atoms with van der Waals surface area (Å²) in [5.74, 6) is -0.616. The van der Waals surface area contributed by atoms with E-state index in [0.717, 1.165) is 12.8 Å². The number of anilines is 1. The van der Waals surface area contributed by atoms with E-state index in [1.165, 1.54) is 4.74 Å². The normalized spacial score (nSPS) is 17.8. The van der Waals surface area contributed by atoms with E-state index in [0.29, 0.717) is 39.4 Å². The summed E-state index contributed by atoms with van der Waals surface area (Å²) in [4.78, 5) is 43.5. The Morgan fingerprint density at radius 1 is 1.16 bits per heavy atom. The van der Waals surface area contributed by atoms with Crippen LogP contribution in [-0.2, 0) is 7.05 Å². The lowest BCUT2D eigenvalue weighted by atomic mass is 9.98. The number of nitrogens with zero attached hydrogens (tertiary/aromatic N) is 3. The van der Waals surface area contributed by atoms with Crippen LogP contribution in [0.4, 0.5) is 5.69 Å². The highest BCUT2D eigenvalue weighted by Crippen LogP contribution is 2.51. The smallest absolute Gasteiger partial charge is 0.354 e. The first-order chi connectivity index (χ1) is 14.8. The lowest BCUT2D eigenvalue weighted by Gasteiger charge is -2.26. The number of fused-ring (bicyclic) bond motifs is 1. The molecule has 0 saturated heterocycles. The molecule has 1 fully saturated rings. The molecule has 1 aliphatic heterocycles. The van der Waals surface area contributed by atoms with Crippen LogP contribution in [0.3, 0.4) is 0 Å². The van der Waals surface area contributed by atoms with Crippen LogP contribution in [-0.4, -0.2) is 26.7 Å². The Morgan fingerprint density at radius 2 is 1.84 bits per heavy atom. The Hall–Kier alpha value is -3.68.